The maximum absolute atomic E-state index is 13.4. The number of ether oxygens (including phenoxy) is 2. The molecule has 194 valence electrons. The van der Waals surface area contributed by atoms with Crippen molar-refractivity contribution in [1.82, 2.24) is 10.6 Å². The van der Waals surface area contributed by atoms with Gasteiger partial charge in [0.2, 0.25) is 5.91 Å². The van der Waals surface area contributed by atoms with Gasteiger partial charge in [0, 0.05) is 5.92 Å². The van der Waals surface area contributed by atoms with Crippen molar-refractivity contribution in [3.63, 3.8) is 0 Å². The van der Waals surface area contributed by atoms with Crippen molar-refractivity contribution in [1.29, 1.82) is 0 Å². The fourth-order valence-electron chi connectivity index (χ4n) is 4.37. The van der Waals surface area contributed by atoms with Gasteiger partial charge in [0.1, 0.15) is 17.2 Å². The number of hydrogen-bond acceptors (Lipinski definition) is 7. The number of nitrogens with one attached hydrogen (secondary N) is 2. The molecule has 34 heavy (non-hydrogen) atoms. The lowest BCUT2D eigenvalue weighted by molar-refractivity contribution is -0.153. The van der Waals surface area contributed by atoms with Crippen LogP contribution < -0.4 is 10.6 Å². The number of alkyl carbamates (subject to hydrolysis) is 1. The first-order chi connectivity index (χ1) is 15.4. The highest BCUT2D eigenvalue weighted by Crippen LogP contribution is 2.62. The minimum atomic E-state index is -2.28. The van der Waals surface area contributed by atoms with Crippen molar-refractivity contribution in [3.05, 3.63) is 0 Å². The Bertz CT molecular complexity index is 832. The fraction of sp³-hybridized carbons (Fsp3) is 0.826. The first-order valence-electron chi connectivity index (χ1n) is 11.6. The van der Waals surface area contributed by atoms with Gasteiger partial charge in [-0.15, -0.1) is 0 Å². The number of fused-ring (bicyclic) bond motifs is 1. The van der Waals surface area contributed by atoms with E-state index in [-0.39, 0.29) is 24.0 Å². The Morgan fingerprint density at radius 1 is 1.12 bits per heavy atom. The molecular formula is C23H40N2O8Si. The molecule has 0 bridgehead atoms. The van der Waals surface area contributed by atoms with Gasteiger partial charge in [0.05, 0.1) is 19.6 Å². The maximum Gasteiger partial charge on any atom is 0.408 e. The number of carbonyl (C=O) groups excluding carboxylic acids is 3. The summed E-state index contributed by atoms with van der Waals surface area (Å²) < 4.78 is 16.5. The molecule has 2 rings (SSSR count). The van der Waals surface area contributed by atoms with Crippen LogP contribution in [0.15, 0.2) is 0 Å². The van der Waals surface area contributed by atoms with Crippen LogP contribution in [-0.2, 0) is 28.3 Å². The maximum atomic E-state index is 13.4. The van der Waals surface area contributed by atoms with Gasteiger partial charge in [-0.25, -0.2) is 9.59 Å². The minimum absolute atomic E-state index is 0.116. The molecule has 0 saturated heterocycles. The number of methoxy groups -OCH3 is 1. The van der Waals surface area contributed by atoms with Crippen molar-refractivity contribution in [2.75, 3.05) is 13.7 Å². The van der Waals surface area contributed by atoms with Crippen LogP contribution in [-0.4, -0.2) is 68.3 Å². The van der Waals surface area contributed by atoms with Gasteiger partial charge in [-0.05, 0) is 57.7 Å². The third-order valence-corrected chi connectivity index (χ3v) is 11.7. The highest BCUT2D eigenvalue weighted by molar-refractivity contribution is 6.74. The molecule has 0 radical (unpaired) electrons. The third kappa shape index (κ3) is 5.91. The first kappa shape index (κ1) is 28.1. The largest absolute Gasteiger partial charge is 0.481 e. The van der Waals surface area contributed by atoms with Gasteiger partial charge < -0.3 is 29.6 Å². The quantitative estimate of drug-likeness (QED) is 0.341. The van der Waals surface area contributed by atoms with Crippen molar-refractivity contribution in [2.24, 2.45) is 17.8 Å². The second kappa shape index (κ2) is 9.48. The zero-order valence-corrected chi connectivity index (χ0v) is 22.7. The molecule has 2 saturated carbocycles. The number of hydrogen-bond donors (Lipinski definition) is 3. The van der Waals surface area contributed by atoms with Crippen LogP contribution in [0, 0.1) is 17.8 Å². The zero-order valence-electron chi connectivity index (χ0n) is 21.7. The van der Waals surface area contributed by atoms with Crippen molar-refractivity contribution < 1.29 is 38.2 Å². The molecule has 2 amide bonds. The van der Waals surface area contributed by atoms with Gasteiger partial charge >= 0.3 is 18.0 Å². The Balaban J connectivity index is 2.27. The Hall–Kier alpha value is -2.14. The molecule has 0 aromatic heterocycles. The smallest absolute Gasteiger partial charge is 0.408 e. The lowest BCUT2D eigenvalue weighted by Gasteiger charge is -2.38. The van der Waals surface area contributed by atoms with E-state index < -0.39 is 61.3 Å². The van der Waals surface area contributed by atoms with Crippen molar-refractivity contribution in [3.8, 4) is 0 Å². The number of rotatable bonds is 8. The van der Waals surface area contributed by atoms with Crippen LogP contribution in [0.4, 0.5) is 4.79 Å². The zero-order chi connectivity index (χ0) is 26.3. The molecule has 2 fully saturated rings. The van der Waals surface area contributed by atoms with E-state index in [2.05, 4.69) is 31.4 Å². The molecule has 0 aromatic rings. The fourth-order valence-corrected chi connectivity index (χ4v) is 5.38. The Labute approximate surface area is 202 Å². The topological polar surface area (TPSA) is 140 Å². The average Bonchev–Trinajstić information content (AvgIpc) is 3.30. The lowest BCUT2D eigenvalue weighted by atomic mass is 9.89. The second-order valence-electron chi connectivity index (χ2n) is 11.8. The van der Waals surface area contributed by atoms with Crippen LogP contribution in [0.1, 0.15) is 54.4 Å². The van der Waals surface area contributed by atoms with Crippen LogP contribution in [0.3, 0.4) is 0 Å². The Morgan fingerprint density at radius 2 is 1.71 bits per heavy atom. The number of carboxylic acid groups (broad SMARTS) is 1. The number of carboxylic acids is 1. The standard InChI is InChI=1S/C23H40N2O8Si/c1-21(2,3)33-20(30)24-14(12-32-34(8,9)22(4,5)6)17(26)25-23(19(29)31-7)11-10-13-15(16(13)23)18(27)28/h13-16H,10-12H2,1-9H3,(H,24,30)(H,25,26)(H,27,28)/t13-,14?,15-,16-,23-/m0/s1. The van der Waals surface area contributed by atoms with E-state index >= 15 is 0 Å². The summed E-state index contributed by atoms with van der Waals surface area (Å²) in [5.74, 6) is -3.79. The number of amides is 2. The molecule has 3 N–H and O–H groups in total. The van der Waals surface area contributed by atoms with Crippen LogP contribution >= 0.6 is 0 Å². The van der Waals surface area contributed by atoms with E-state index in [4.69, 9.17) is 13.9 Å². The minimum Gasteiger partial charge on any atom is -0.481 e. The molecule has 0 heterocycles. The SMILES string of the molecule is COC(=O)[C@]1(NC(=O)C(CO[Si](C)(C)C(C)(C)C)NC(=O)OC(C)(C)C)CC[C@H]2[C@H](C(=O)O)[C@H]21. The predicted molar refractivity (Wildman–Crippen MR) is 127 cm³/mol. The number of aliphatic carboxylic acids is 1. The van der Waals surface area contributed by atoms with Crippen molar-refractivity contribution >= 4 is 32.3 Å². The van der Waals surface area contributed by atoms with Gasteiger partial charge in [0.15, 0.2) is 8.32 Å². The second-order valence-corrected chi connectivity index (χ2v) is 16.6. The molecule has 2 aliphatic rings. The Kier molecular flexibility index (Phi) is 7.84. The number of esters is 1. The first-order valence-corrected chi connectivity index (χ1v) is 14.5. The van der Waals surface area contributed by atoms with Gasteiger partial charge in [-0.1, -0.05) is 20.8 Å². The summed E-state index contributed by atoms with van der Waals surface area (Å²) in [5.41, 5.74) is -2.23. The average molecular weight is 501 g/mol. The molecule has 10 nitrogen and oxygen atoms in total. The van der Waals surface area contributed by atoms with E-state index in [1.165, 1.54) is 7.11 Å². The normalized spacial score (nSPS) is 27.3. The molecule has 5 atom stereocenters. The summed E-state index contributed by atoms with van der Waals surface area (Å²) >= 11 is 0. The van der Waals surface area contributed by atoms with E-state index in [1.807, 2.05) is 13.1 Å². The summed E-state index contributed by atoms with van der Waals surface area (Å²) in [6.07, 6.45) is -0.0354. The van der Waals surface area contributed by atoms with E-state index in [0.29, 0.717) is 6.42 Å². The van der Waals surface area contributed by atoms with Gasteiger partial charge in [-0.3, -0.25) is 9.59 Å². The van der Waals surface area contributed by atoms with Crippen molar-refractivity contribution in [2.45, 2.75) is 89.7 Å². The molecule has 1 unspecified atom stereocenters. The third-order valence-electron chi connectivity index (χ3n) is 7.22. The molecule has 2 aliphatic carbocycles. The van der Waals surface area contributed by atoms with E-state index in [0.717, 1.165) is 0 Å². The summed E-state index contributed by atoms with van der Waals surface area (Å²) in [6.45, 7) is 15.2. The van der Waals surface area contributed by atoms with E-state index in [1.54, 1.807) is 20.8 Å². The highest BCUT2D eigenvalue weighted by atomic mass is 28.4. The van der Waals surface area contributed by atoms with Crippen LogP contribution in [0.5, 0.6) is 0 Å². The number of carbonyl (C=O) groups is 4. The van der Waals surface area contributed by atoms with Gasteiger partial charge in [-0.2, -0.15) is 0 Å². The van der Waals surface area contributed by atoms with Crippen LogP contribution in [0.25, 0.3) is 0 Å². The monoisotopic (exact) mass is 500 g/mol. The van der Waals surface area contributed by atoms with E-state index in [9.17, 15) is 24.3 Å². The summed E-state index contributed by atoms with van der Waals surface area (Å²) in [5, 5.41) is 14.7. The molecule has 0 spiro atoms. The molecule has 0 aromatic carbocycles. The highest BCUT2D eigenvalue weighted by Gasteiger charge is 2.72. The van der Waals surface area contributed by atoms with Crippen LogP contribution in [0.2, 0.25) is 18.1 Å². The summed E-state index contributed by atoms with van der Waals surface area (Å²) in [4.78, 5) is 50.3. The predicted octanol–water partition coefficient (Wildman–Crippen LogP) is 2.67. The molecular weight excluding hydrogens is 460 g/mol. The molecule has 11 heteroatoms. The molecule has 0 aliphatic heterocycles. The lowest BCUT2D eigenvalue weighted by Crippen LogP contribution is -2.62. The van der Waals surface area contributed by atoms with Gasteiger partial charge in [0.25, 0.3) is 0 Å². The summed E-state index contributed by atoms with van der Waals surface area (Å²) in [7, 11) is -1.07. The summed E-state index contributed by atoms with van der Waals surface area (Å²) in [6, 6.07) is -1.15. The Morgan fingerprint density at radius 3 is 2.15 bits per heavy atom.